The smallest absolute Gasteiger partial charge is 0.302 e. The highest BCUT2D eigenvalue weighted by Crippen LogP contribution is 2.31. The minimum Gasteiger partial charge on any atom is -0.466 e. The monoisotopic (exact) mass is 198 g/mol. The molecule has 0 aromatic carbocycles. The van der Waals surface area contributed by atoms with Crippen LogP contribution in [0.15, 0.2) is 0 Å². The molecule has 1 aliphatic carbocycles. The Balaban J connectivity index is 2.21. The molecule has 2 unspecified atom stereocenters. The summed E-state index contributed by atoms with van der Waals surface area (Å²) >= 11 is 0. The van der Waals surface area contributed by atoms with Crippen LogP contribution in [0.4, 0.5) is 0 Å². The molecule has 0 aliphatic heterocycles. The summed E-state index contributed by atoms with van der Waals surface area (Å²) in [7, 11) is 0. The lowest BCUT2D eigenvalue weighted by molar-refractivity contribution is -0.142. The van der Waals surface area contributed by atoms with E-state index in [1.165, 1.54) is 45.4 Å². The van der Waals surface area contributed by atoms with E-state index in [0.29, 0.717) is 12.5 Å². The molecule has 0 N–H and O–H groups in total. The largest absolute Gasteiger partial charge is 0.466 e. The Labute approximate surface area is 87.0 Å². The van der Waals surface area contributed by atoms with Gasteiger partial charge in [-0.05, 0) is 24.7 Å². The van der Waals surface area contributed by atoms with Gasteiger partial charge in [0.2, 0.25) is 0 Å². The molecule has 82 valence electrons. The minimum absolute atomic E-state index is 0.136. The number of ether oxygens (including phenoxy) is 1. The van der Waals surface area contributed by atoms with Crippen molar-refractivity contribution < 1.29 is 9.53 Å². The molecule has 2 nitrogen and oxygen atoms in total. The van der Waals surface area contributed by atoms with Crippen LogP contribution in [0.1, 0.15) is 52.4 Å². The highest BCUT2D eigenvalue weighted by molar-refractivity contribution is 5.65. The summed E-state index contributed by atoms with van der Waals surface area (Å²) in [4.78, 5) is 10.7. The van der Waals surface area contributed by atoms with E-state index in [2.05, 4.69) is 6.92 Å². The first kappa shape index (κ1) is 11.5. The number of hydrogen-bond acceptors (Lipinski definition) is 2. The predicted molar refractivity (Wildman–Crippen MR) is 57.0 cm³/mol. The number of esters is 1. The van der Waals surface area contributed by atoms with Crippen LogP contribution in [0.25, 0.3) is 0 Å². The normalized spacial score (nSPS) is 27.3. The van der Waals surface area contributed by atoms with Crippen molar-refractivity contribution in [1.82, 2.24) is 0 Å². The third-order valence-corrected chi connectivity index (χ3v) is 3.11. The topological polar surface area (TPSA) is 26.3 Å². The Bertz CT molecular complexity index is 175. The lowest BCUT2D eigenvalue weighted by Crippen LogP contribution is -2.20. The molecule has 1 aliphatic rings. The van der Waals surface area contributed by atoms with Crippen LogP contribution in [0, 0.1) is 11.8 Å². The third-order valence-electron chi connectivity index (χ3n) is 3.11. The second-order valence-corrected chi connectivity index (χ2v) is 4.49. The van der Waals surface area contributed by atoms with E-state index >= 15 is 0 Å². The Morgan fingerprint density at radius 3 is 2.71 bits per heavy atom. The average Bonchev–Trinajstić information content (AvgIpc) is 2.16. The van der Waals surface area contributed by atoms with E-state index in [0.717, 1.165) is 5.92 Å². The second kappa shape index (κ2) is 6.05. The Kier molecular flexibility index (Phi) is 4.99. The zero-order valence-corrected chi connectivity index (χ0v) is 9.42. The molecule has 0 amide bonds. The van der Waals surface area contributed by atoms with Crippen molar-refractivity contribution in [3.63, 3.8) is 0 Å². The van der Waals surface area contributed by atoms with Gasteiger partial charge in [-0.25, -0.2) is 0 Å². The molecule has 2 atom stereocenters. The fraction of sp³-hybridized carbons (Fsp3) is 0.917. The fourth-order valence-electron chi connectivity index (χ4n) is 2.46. The Morgan fingerprint density at radius 1 is 1.36 bits per heavy atom. The SMILES string of the molecule is CCCC1CCCC(COC(C)=O)C1. The van der Waals surface area contributed by atoms with Gasteiger partial charge < -0.3 is 4.74 Å². The molecule has 0 spiro atoms. The highest BCUT2D eigenvalue weighted by atomic mass is 16.5. The summed E-state index contributed by atoms with van der Waals surface area (Å²) in [5.74, 6) is 1.38. The molecule has 0 aromatic rings. The first-order chi connectivity index (χ1) is 6.72. The molecule has 1 saturated carbocycles. The van der Waals surface area contributed by atoms with Crippen LogP contribution >= 0.6 is 0 Å². The maximum atomic E-state index is 10.7. The van der Waals surface area contributed by atoms with Crippen molar-refractivity contribution in [2.45, 2.75) is 52.4 Å². The van der Waals surface area contributed by atoms with Crippen LogP contribution in [0.3, 0.4) is 0 Å². The zero-order chi connectivity index (χ0) is 10.4. The average molecular weight is 198 g/mol. The van der Waals surface area contributed by atoms with Crippen molar-refractivity contribution >= 4 is 5.97 Å². The van der Waals surface area contributed by atoms with Crippen molar-refractivity contribution in [2.24, 2.45) is 11.8 Å². The molecule has 0 aromatic heterocycles. The van der Waals surface area contributed by atoms with Gasteiger partial charge in [-0.15, -0.1) is 0 Å². The summed E-state index contributed by atoms with van der Waals surface area (Å²) in [5.41, 5.74) is 0. The molecule has 0 saturated heterocycles. The molecule has 14 heavy (non-hydrogen) atoms. The minimum atomic E-state index is -0.136. The maximum absolute atomic E-state index is 10.7. The first-order valence-corrected chi connectivity index (χ1v) is 5.85. The van der Waals surface area contributed by atoms with Gasteiger partial charge in [-0.2, -0.15) is 0 Å². The Morgan fingerprint density at radius 2 is 2.07 bits per heavy atom. The second-order valence-electron chi connectivity index (χ2n) is 4.49. The van der Waals surface area contributed by atoms with E-state index in [1.54, 1.807) is 0 Å². The highest BCUT2D eigenvalue weighted by Gasteiger charge is 2.21. The summed E-state index contributed by atoms with van der Waals surface area (Å²) in [5, 5.41) is 0. The standard InChI is InChI=1S/C12H22O2/c1-3-5-11-6-4-7-12(8-11)9-14-10(2)13/h11-12H,3-9H2,1-2H3. The van der Waals surface area contributed by atoms with E-state index < -0.39 is 0 Å². The lowest BCUT2D eigenvalue weighted by atomic mass is 9.80. The molecule has 0 bridgehead atoms. The molecular formula is C12H22O2. The van der Waals surface area contributed by atoms with E-state index in [9.17, 15) is 4.79 Å². The fourth-order valence-corrected chi connectivity index (χ4v) is 2.46. The van der Waals surface area contributed by atoms with Crippen LogP contribution in [0.2, 0.25) is 0 Å². The maximum Gasteiger partial charge on any atom is 0.302 e. The van der Waals surface area contributed by atoms with Crippen LogP contribution in [0.5, 0.6) is 0 Å². The first-order valence-electron chi connectivity index (χ1n) is 5.85. The predicted octanol–water partition coefficient (Wildman–Crippen LogP) is 3.16. The van der Waals surface area contributed by atoms with Crippen LogP contribution in [-0.2, 0) is 9.53 Å². The third kappa shape index (κ3) is 4.12. The van der Waals surface area contributed by atoms with Crippen molar-refractivity contribution in [3.05, 3.63) is 0 Å². The lowest BCUT2D eigenvalue weighted by Gasteiger charge is -2.28. The van der Waals surface area contributed by atoms with Crippen molar-refractivity contribution in [1.29, 1.82) is 0 Å². The van der Waals surface area contributed by atoms with Crippen LogP contribution in [-0.4, -0.2) is 12.6 Å². The number of carbonyl (C=O) groups excluding carboxylic acids is 1. The van der Waals surface area contributed by atoms with Gasteiger partial charge in [0, 0.05) is 6.92 Å². The quantitative estimate of drug-likeness (QED) is 0.649. The summed E-state index contributed by atoms with van der Waals surface area (Å²) < 4.78 is 5.07. The molecule has 1 fully saturated rings. The zero-order valence-electron chi connectivity index (χ0n) is 9.42. The van der Waals surface area contributed by atoms with Gasteiger partial charge in [0.05, 0.1) is 6.61 Å². The van der Waals surface area contributed by atoms with Gasteiger partial charge in [-0.1, -0.05) is 32.6 Å². The van der Waals surface area contributed by atoms with E-state index in [4.69, 9.17) is 4.74 Å². The molecule has 2 heteroatoms. The van der Waals surface area contributed by atoms with Crippen molar-refractivity contribution in [3.8, 4) is 0 Å². The molecule has 0 heterocycles. The van der Waals surface area contributed by atoms with Crippen LogP contribution < -0.4 is 0 Å². The number of rotatable bonds is 4. The van der Waals surface area contributed by atoms with Gasteiger partial charge in [0.1, 0.15) is 0 Å². The molecule has 1 rings (SSSR count). The van der Waals surface area contributed by atoms with E-state index in [-0.39, 0.29) is 5.97 Å². The summed E-state index contributed by atoms with van der Waals surface area (Å²) in [6.07, 6.45) is 7.83. The number of carbonyl (C=O) groups is 1. The van der Waals surface area contributed by atoms with Crippen molar-refractivity contribution in [2.75, 3.05) is 6.61 Å². The molecular weight excluding hydrogens is 176 g/mol. The summed E-state index contributed by atoms with van der Waals surface area (Å²) in [6.45, 7) is 4.39. The van der Waals surface area contributed by atoms with Gasteiger partial charge in [0.25, 0.3) is 0 Å². The van der Waals surface area contributed by atoms with Gasteiger partial charge in [0.15, 0.2) is 0 Å². The van der Waals surface area contributed by atoms with Gasteiger partial charge >= 0.3 is 5.97 Å². The molecule has 0 radical (unpaired) electrons. The Hall–Kier alpha value is -0.530. The summed E-state index contributed by atoms with van der Waals surface area (Å²) in [6, 6.07) is 0. The van der Waals surface area contributed by atoms with E-state index in [1.807, 2.05) is 0 Å². The number of hydrogen-bond donors (Lipinski definition) is 0. The van der Waals surface area contributed by atoms with Gasteiger partial charge in [-0.3, -0.25) is 4.79 Å².